The highest BCUT2D eigenvalue weighted by Gasteiger charge is 2.58. The minimum absolute atomic E-state index is 0.0153. The lowest BCUT2D eigenvalue weighted by atomic mass is 9.77. The number of hydrogen-bond acceptors (Lipinski definition) is 7. The topological polar surface area (TPSA) is 97.4 Å². The normalized spacial score (nSPS) is 24.9. The van der Waals surface area contributed by atoms with Gasteiger partial charge in [-0.05, 0) is 57.9 Å². The lowest BCUT2D eigenvalue weighted by Gasteiger charge is -2.42. The molecule has 1 atom stereocenters. The zero-order chi connectivity index (χ0) is 23.8. The number of imide groups is 1. The molecule has 33 heavy (non-hydrogen) atoms. The maximum atomic E-state index is 13.7. The first-order valence-electron chi connectivity index (χ1n) is 11.5. The van der Waals surface area contributed by atoms with Crippen LogP contribution in [0.15, 0.2) is 18.2 Å². The summed E-state index contributed by atoms with van der Waals surface area (Å²) in [7, 11) is 1.57. The number of likely N-dealkylation sites (tertiary alicyclic amines) is 1. The third-order valence-electron chi connectivity index (χ3n) is 6.62. The second-order valence-electron chi connectivity index (χ2n) is 9.70. The molecular weight excluding hydrogens is 426 g/mol. The van der Waals surface area contributed by atoms with Crippen LogP contribution in [-0.2, 0) is 19.9 Å². The molecule has 3 heterocycles. The Hall–Kier alpha value is -2.81. The number of methoxy groups -OCH3 is 1. The molecule has 3 aliphatic rings. The monoisotopic (exact) mass is 459 g/mol. The first-order valence-corrected chi connectivity index (χ1v) is 11.5. The van der Waals surface area contributed by atoms with Gasteiger partial charge in [0, 0.05) is 38.5 Å². The van der Waals surface area contributed by atoms with Gasteiger partial charge in [0.15, 0.2) is 5.54 Å². The quantitative estimate of drug-likeness (QED) is 0.515. The summed E-state index contributed by atoms with van der Waals surface area (Å²) >= 11 is 0. The Morgan fingerprint density at radius 2 is 1.94 bits per heavy atom. The lowest BCUT2D eigenvalue weighted by molar-refractivity contribution is -0.148. The molecule has 9 nitrogen and oxygen atoms in total. The van der Waals surface area contributed by atoms with Crippen molar-refractivity contribution in [1.82, 2.24) is 15.1 Å². The van der Waals surface area contributed by atoms with Gasteiger partial charge in [0.2, 0.25) is 0 Å². The molecule has 2 fully saturated rings. The molecule has 2 saturated heterocycles. The van der Waals surface area contributed by atoms with Gasteiger partial charge in [-0.1, -0.05) is 0 Å². The highest BCUT2D eigenvalue weighted by atomic mass is 16.5. The molecule has 180 valence electrons. The number of benzene rings is 1. The van der Waals surface area contributed by atoms with E-state index in [-0.39, 0.29) is 24.0 Å². The average Bonchev–Trinajstić information content (AvgIpc) is 2.98. The Morgan fingerprint density at radius 3 is 2.61 bits per heavy atom. The Morgan fingerprint density at radius 1 is 1.21 bits per heavy atom. The fourth-order valence-electron chi connectivity index (χ4n) is 5.20. The van der Waals surface area contributed by atoms with Crippen LogP contribution in [-0.4, -0.2) is 72.7 Å². The molecule has 0 saturated carbocycles. The third kappa shape index (κ3) is 4.64. The van der Waals surface area contributed by atoms with Gasteiger partial charge in [0.25, 0.3) is 5.91 Å². The van der Waals surface area contributed by atoms with Crippen LogP contribution in [0.2, 0.25) is 0 Å². The summed E-state index contributed by atoms with van der Waals surface area (Å²) in [6, 6.07) is 4.98. The molecule has 0 radical (unpaired) electrons. The Balaban J connectivity index is 1.42. The summed E-state index contributed by atoms with van der Waals surface area (Å²) in [6.45, 7) is 8.06. The number of hydrogen-bond donors (Lipinski definition) is 1. The molecule has 3 aliphatic heterocycles. The zero-order valence-corrected chi connectivity index (χ0v) is 19.8. The first-order chi connectivity index (χ1) is 15.6. The number of esters is 1. The van der Waals surface area contributed by atoms with Crippen molar-refractivity contribution < 1.29 is 28.6 Å². The summed E-state index contributed by atoms with van der Waals surface area (Å²) < 4.78 is 16.7. The largest absolute Gasteiger partial charge is 0.497 e. The van der Waals surface area contributed by atoms with E-state index in [4.69, 9.17) is 14.2 Å². The predicted molar refractivity (Wildman–Crippen MR) is 120 cm³/mol. The first kappa shape index (κ1) is 23.4. The van der Waals surface area contributed by atoms with Crippen molar-refractivity contribution in [3.05, 3.63) is 23.8 Å². The smallest absolute Gasteiger partial charge is 0.325 e. The van der Waals surface area contributed by atoms with Gasteiger partial charge in [-0.3, -0.25) is 14.5 Å². The van der Waals surface area contributed by atoms with Crippen LogP contribution >= 0.6 is 0 Å². The molecule has 0 aliphatic carbocycles. The van der Waals surface area contributed by atoms with E-state index in [9.17, 15) is 14.4 Å². The van der Waals surface area contributed by atoms with Crippen molar-refractivity contribution >= 4 is 17.9 Å². The molecule has 1 aromatic rings. The number of ether oxygens (including phenoxy) is 3. The lowest BCUT2D eigenvalue weighted by Crippen LogP contribution is -2.53. The van der Waals surface area contributed by atoms with Crippen LogP contribution in [0.4, 0.5) is 4.79 Å². The van der Waals surface area contributed by atoms with E-state index >= 15 is 0 Å². The van der Waals surface area contributed by atoms with Crippen molar-refractivity contribution in [2.75, 3.05) is 33.3 Å². The predicted octanol–water partition coefficient (Wildman–Crippen LogP) is 2.42. The number of carbonyl (C=O) groups is 3. The standard InChI is InChI=1S/C24H33N3O6/c1-16(28)32-17-8-12-26(13-9-17)10-5-11-27-21(29)24(25-22(27)30)15-23(2,3)33-20-7-6-18(31-4)14-19(20)24/h6-7,14,17H,5,8-13,15H2,1-4H3,(H,25,30). The summed E-state index contributed by atoms with van der Waals surface area (Å²) in [6.07, 6.45) is 2.61. The molecule has 0 bridgehead atoms. The molecule has 4 rings (SSSR count). The summed E-state index contributed by atoms with van der Waals surface area (Å²) in [5.74, 6) is 0.704. The van der Waals surface area contributed by atoms with Crippen molar-refractivity contribution in [2.24, 2.45) is 0 Å². The van der Waals surface area contributed by atoms with E-state index in [0.29, 0.717) is 36.4 Å². The second-order valence-corrected chi connectivity index (χ2v) is 9.70. The number of amides is 3. The van der Waals surface area contributed by atoms with Crippen molar-refractivity contribution in [2.45, 2.75) is 63.7 Å². The number of urea groups is 1. The Kier molecular flexibility index (Phi) is 6.26. The number of carbonyl (C=O) groups excluding carboxylic acids is 3. The van der Waals surface area contributed by atoms with Crippen LogP contribution in [0.1, 0.15) is 52.0 Å². The van der Waals surface area contributed by atoms with Gasteiger partial charge in [0.05, 0.1) is 7.11 Å². The molecular formula is C24H33N3O6. The third-order valence-corrected chi connectivity index (χ3v) is 6.62. The van der Waals surface area contributed by atoms with Crippen molar-refractivity contribution in [1.29, 1.82) is 0 Å². The van der Waals surface area contributed by atoms with E-state index in [1.807, 2.05) is 13.8 Å². The molecule has 1 N–H and O–H groups in total. The van der Waals surface area contributed by atoms with Crippen LogP contribution in [0.3, 0.4) is 0 Å². The molecule has 9 heteroatoms. The number of nitrogens with one attached hydrogen (secondary N) is 1. The summed E-state index contributed by atoms with van der Waals surface area (Å²) in [4.78, 5) is 41.3. The van der Waals surface area contributed by atoms with Crippen LogP contribution in [0.25, 0.3) is 0 Å². The van der Waals surface area contributed by atoms with Crippen molar-refractivity contribution in [3.63, 3.8) is 0 Å². The fourth-order valence-corrected chi connectivity index (χ4v) is 5.20. The van der Waals surface area contributed by atoms with E-state index in [1.54, 1.807) is 25.3 Å². The number of piperidine rings is 1. The number of nitrogens with zero attached hydrogens (tertiary/aromatic N) is 2. The molecule has 3 amide bonds. The van der Waals surface area contributed by atoms with Gasteiger partial charge in [0.1, 0.15) is 23.2 Å². The van der Waals surface area contributed by atoms with E-state index in [1.165, 1.54) is 11.8 Å². The van der Waals surface area contributed by atoms with Crippen LogP contribution < -0.4 is 14.8 Å². The minimum atomic E-state index is -1.16. The Bertz CT molecular complexity index is 940. The summed E-state index contributed by atoms with van der Waals surface area (Å²) in [5, 5.41) is 2.98. The van der Waals surface area contributed by atoms with Gasteiger partial charge >= 0.3 is 12.0 Å². The van der Waals surface area contributed by atoms with Gasteiger partial charge in [-0.2, -0.15) is 0 Å². The summed E-state index contributed by atoms with van der Waals surface area (Å²) in [5.41, 5.74) is -1.15. The molecule has 1 unspecified atom stereocenters. The fraction of sp³-hybridized carbons (Fsp3) is 0.625. The maximum Gasteiger partial charge on any atom is 0.325 e. The van der Waals surface area contributed by atoms with Crippen molar-refractivity contribution in [3.8, 4) is 11.5 Å². The Labute approximate surface area is 194 Å². The minimum Gasteiger partial charge on any atom is -0.497 e. The van der Waals surface area contributed by atoms with Gasteiger partial charge in [-0.15, -0.1) is 0 Å². The van der Waals surface area contributed by atoms with E-state index < -0.39 is 11.1 Å². The highest BCUT2D eigenvalue weighted by Crippen LogP contribution is 2.47. The average molecular weight is 460 g/mol. The van der Waals surface area contributed by atoms with Gasteiger partial charge < -0.3 is 24.4 Å². The SMILES string of the molecule is COc1ccc2c(c1)C1(CC(C)(C)O2)NC(=O)N(CCCN2CCC(OC(C)=O)CC2)C1=O. The second kappa shape index (κ2) is 8.85. The van der Waals surface area contributed by atoms with Crippen LogP contribution in [0.5, 0.6) is 11.5 Å². The number of fused-ring (bicyclic) bond motifs is 2. The maximum absolute atomic E-state index is 13.7. The molecule has 0 aromatic heterocycles. The van der Waals surface area contributed by atoms with Gasteiger partial charge in [-0.25, -0.2) is 4.79 Å². The van der Waals surface area contributed by atoms with E-state index in [2.05, 4.69) is 10.2 Å². The molecule has 1 aromatic carbocycles. The highest BCUT2D eigenvalue weighted by molar-refractivity contribution is 6.08. The molecule has 1 spiro atoms. The number of rotatable bonds is 6. The van der Waals surface area contributed by atoms with E-state index in [0.717, 1.165) is 32.5 Å². The van der Waals surface area contributed by atoms with Crippen LogP contribution in [0, 0.1) is 0 Å². The zero-order valence-electron chi connectivity index (χ0n) is 19.8.